The first kappa shape index (κ1) is 16.8. The highest BCUT2D eigenvalue weighted by Gasteiger charge is 2.59. The molecule has 128 valence electrons. The summed E-state index contributed by atoms with van der Waals surface area (Å²) >= 11 is 1.86. The zero-order valence-electron chi connectivity index (χ0n) is 14.7. The van der Waals surface area contributed by atoms with Gasteiger partial charge in [-0.2, -0.15) is 0 Å². The molecule has 3 atom stereocenters. The molecule has 3 rings (SSSR count). The summed E-state index contributed by atoms with van der Waals surface area (Å²) in [4.78, 5) is 7.55. The Morgan fingerprint density at radius 1 is 1.35 bits per heavy atom. The normalized spacial score (nSPS) is 29.0. The van der Waals surface area contributed by atoms with Crippen molar-refractivity contribution in [3.05, 3.63) is 21.9 Å². The van der Waals surface area contributed by atoms with Crippen LogP contribution in [0.25, 0.3) is 0 Å². The van der Waals surface area contributed by atoms with Gasteiger partial charge in [-0.15, -0.1) is 11.3 Å². The van der Waals surface area contributed by atoms with E-state index in [0.29, 0.717) is 18.1 Å². The number of hydrogen-bond acceptors (Lipinski definition) is 3. The van der Waals surface area contributed by atoms with Gasteiger partial charge in [0.1, 0.15) is 0 Å². The van der Waals surface area contributed by atoms with Crippen LogP contribution >= 0.6 is 11.3 Å². The number of thiophene rings is 1. The molecule has 4 nitrogen and oxygen atoms in total. The molecular weight excluding hydrogens is 306 g/mol. The summed E-state index contributed by atoms with van der Waals surface area (Å²) in [5, 5.41) is 7.06. The van der Waals surface area contributed by atoms with Crippen molar-refractivity contribution >= 4 is 17.3 Å². The predicted molar refractivity (Wildman–Crippen MR) is 97.1 cm³/mol. The smallest absolute Gasteiger partial charge is 0.191 e. The summed E-state index contributed by atoms with van der Waals surface area (Å²) in [6.07, 6.45) is 2.68. The molecule has 2 N–H and O–H groups in total. The van der Waals surface area contributed by atoms with Crippen LogP contribution in [0, 0.1) is 11.3 Å². The minimum Gasteiger partial charge on any atom is -0.377 e. The Morgan fingerprint density at radius 3 is 2.83 bits per heavy atom. The number of aliphatic imine (C=N–C) groups is 1. The van der Waals surface area contributed by atoms with Crippen LogP contribution in [0.2, 0.25) is 0 Å². The first-order chi connectivity index (χ1) is 11.1. The molecule has 2 fully saturated rings. The third-order valence-electron chi connectivity index (χ3n) is 5.20. The van der Waals surface area contributed by atoms with E-state index in [-0.39, 0.29) is 5.41 Å². The molecule has 1 saturated heterocycles. The minimum absolute atomic E-state index is 0.176. The third kappa shape index (κ3) is 3.26. The van der Waals surface area contributed by atoms with E-state index in [1.54, 1.807) is 0 Å². The van der Waals surface area contributed by atoms with Gasteiger partial charge in [-0.1, -0.05) is 20.8 Å². The zero-order chi connectivity index (χ0) is 16.4. The molecule has 1 aliphatic carbocycles. The summed E-state index contributed by atoms with van der Waals surface area (Å²) in [6.45, 7) is 11.4. The van der Waals surface area contributed by atoms with E-state index in [4.69, 9.17) is 9.73 Å². The average Bonchev–Trinajstić information content (AvgIpc) is 3.17. The van der Waals surface area contributed by atoms with E-state index >= 15 is 0 Å². The molecule has 1 saturated carbocycles. The lowest BCUT2D eigenvalue weighted by Crippen LogP contribution is -2.67. The lowest BCUT2D eigenvalue weighted by molar-refractivity contribution is -0.106. The molecule has 23 heavy (non-hydrogen) atoms. The number of hydrogen-bond donors (Lipinski definition) is 2. The Hall–Kier alpha value is -1.07. The van der Waals surface area contributed by atoms with Gasteiger partial charge in [0.25, 0.3) is 0 Å². The van der Waals surface area contributed by atoms with Crippen LogP contribution < -0.4 is 10.6 Å². The lowest BCUT2D eigenvalue weighted by atomic mass is 9.57. The quantitative estimate of drug-likeness (QED) is 0.642. The summed E-state index contributed by atoms with van der Waals surface area (Å²) in [7, 11) is 0. The summed E-state index contributed by atoms with van der Waals surface area (Å²) < 4.78 is 5.88. The molecule has 0 aromatic carbocycles. The fraction of sp³-hybridized carbons (Fsp3) is 0.722. The van der Waals surface area contributed by atoms with Crippen LogP contribution in [-0.2, 0) is 17.7 Å². The van der Waals surface area contributed by atoms with Gasteiger partial charge in [0.2, 0.25) is 0 Å². The monoisotopic (exact) mass is 335 g/mol. The van der Waals surface area contributed by atoms with Crippen molar-refractivity contribution in [2.24, 2.45) is 16.3 Å². The lowest BCUT2D eigenvalue weighted by Gasteiger charge is -2.54. The molecule has 1 aromatic heterocycles. The SMILES string of the molecule is CCNC(=NCc1ccc(CC)s1)NC1C2CCOC2C1(C)C. The molecule has 2 heterocycles. The van der Waals surface area contributed by atoms with Gasteiger partial charge in [0.15, 0.2) is 5.96 Å². The van der Waals surface area contributed by atoms with Gasteiger partial charge in [0.05, 0.1) is 12.6 Å². The number of nitrogens with zero attached hydrogens (tertiary/aromatic N) is 1. The largest absolute Gasteiger partial charge is 0.377 e. The van der Waals surface area contributed by atoms with E-state index in [9.17, 15) is 0 Å². The maximum atomic E-state index is 5.88. The number of fused-ring (bicyclic) bond motifs is 1. The average molecular weight is 336 g/mol. The fourth-order valence-corrected chi connectivity index (χ4v) is 4.82. The van der Waals surface area contributed by atoms with Crippen molar-refractivity contribution in [1.29, 1.82) is 0 Å². The second kappa shape index (κ2) is 6.81. The van der Waals surface area contributed by atoms with Crippen LogP contribution in [0.15, 0.2) is 17.1 Å². The number of rotatable bonds is 5. The Morgan fingerprint density at radius 2 is 2.13 bits per heavy atom. The predicted octanol–water partition coefficient (Wildman–Crippen LogP) is 3.18. The first-order valence-corrected chi connectivity index (χ1v) is 9.62. The van der Waals surface area contributed by atoms with Gasteiger partial charge in [-0.25, -0.2) is 4.99 Å². The fourth-order valence-electron chi connectivity index (χ4n) is 3.94. The Kier molecular flexibility index (Phi) is 4.97. The second-order valence-electron chi connectivity index (χ2n) is 7.10. The minimum atomic E-state index is 0.176. The van der Waals surface area contributed by atoms with Crippen LogP contribution in [0.3, 0.4) is 0 Å². The van der Waals surface area contributed by atoms with Crippen molar-refractivity contribution in [3.63, 3.8) is 0 Å². The van der Waals surface area contributed by atoms with Crippen LogP contribution in [0.1, 0.15) is 43.9 Å². The second-order valence-corrected chi connectivity index (χ2v) is 8.36. The van der Waals surface area contributed by atoms with Crippen LogP contribution in [0.5, 0.6) is 0 Å². The highest BCUT2D eigenvalue weighted by Crippen LogP contribution is 2.52. The van der Waals surface area contributed by atoms with Gasteiger partial charge in [-0.05, 0) is 31.9 Å². The van der Waals surface area contributed by atoms with Gasteiger partial charge in [-0.3, -0.25) is 0 Å². The molecule has 1 aliphatic heterocycles. The molecule has 0 amide bonds. The Balaban J connectivity index is 1.65. The highest BCUT2D eigenvalue weighted by molar-refractivity contribution is 7.11. The van der Waals surface area contributed by atoms with Crippen molar-refractivity contribution in [3.8, 4) is 0 Å². The number of aryl methyl sites for hydroxylation is 1. The van der Waals surface area contributed by atoms with Crippen LogP contribution in [0.4, 0.5) is 0 Å². The maximum Gasteiger partial charge on any atom is 0.191 e. The van der Waals surface area contributed by atoms with Crippen LogP contribution in [-0.4, -0.2) is 31.3 Å². The Bertz CT molecular complexity index is 566. The van der Waals surface area contributed by atoms with E-state index < -0.39 is 0 Å². The Labute approximate surface area is 143 Å². The first-order valence-electron chi connectivity index (χ1n) is 8.80. The van der Waals surface area contributed by atoms with Gasteiger partial charge in [0, 0.05) is 40.3 Å². The molecule has 5 heteroatoms. The van der Waals surface area contributed by atoms with Crippen molar-refractivity contribution in [2.45, 2.75) is 59.2 Å². The van der Waals surface area contributed by atoms with Gasteiger partial charge < -0.3 is 15.4 Å². The van der Waals surface area contributed by atoms with Crippen molar-refractivity contribution in [2.75, 3.05) is 13.2 Å². The molecule has 0 radical (unpaired) electrons. The number of ether oxygens (including phenoxy) is 1. The topological polar surface area (TPSA) is 45.7 Å². The van der Waals surface area contributed by atoms with Crippen molar-refractivity contribution < 1.29 is 4.74 Å². The number of nitrogens with one attached hydrogen (secondary N) is 2. The molecular formula is C18H29N3OS. The van der Waals surface area contributed by atoms with Crippen molar-refractivity contribution in [1.82, 2.24) is 10.6 Å². The summed E-state index contributed by atoms with van der Waals surface area (Å²) in [5.74, 6) is 1.56. The van der Waals surface area contributed by atoms with Gasteiger partial charge >= 0.3 is 0 Å². The molecule has 3 unspecified atom stereocenters. The third-order valence-corrected chi connectivity index (χ3v) is 6.41. The zero-order valence-corrected chi connectivity index (χ0v) is 15.5. The number of guanidine groups is 1. The standard InChI is InChI=1S/C18H29N3OS/c1-5-12-7-8-13(23-12)11-20-17(19-6-2)21-15-14-9-10-22-16(14)18(15,3)4/h7-8,14-16H,5-6,9-11H2,1-4H3,(H2,19,20,21). The molecule has 1 aromatic rings. The molecule has 0 bridgehead atoms. The van der Waals surface area contributed by atoms with E-state index in [1.165, 1.54) is 9.75 Å². The highest BCUT2D eigenvalue weighted by atomic mass is 32.1. The maximum absolute atomic E-state index is 5.88. The van der Waals surface area contributed by atoms with E-state index in [2.05, 4.69) is 50.5 Å². The summed E-state index contributed by atoms with van der Waals surface area (Å²) in [5.41, 5.74) is 0.176. The van der Waals surface area contributed by atoms with E-state index in [0.717, 1.165) is 38.5 Å². The molecule has 0 spiro atoms. The van der Waals surface area contributed by atoms with E-state index in [1.807, 2.05) is 11.3 Å². The summed E-state index contributed by atoms with van der Waals surface area (Å²) in [6, 6.07) is 4.86. The molecule has 2 aliphatic rings.